The van der Waals surface area contributed by atoms with Gasteiger partial charge in [0.05, 0.1) is 12.2 Å². The molecule has 3 rings (SSSR count). The number of benzene rings is 2. The molecule has 0 bridgehead atoms. The quantitative estimate of drug-likeness (QED) is 0.530. The highest BCUT2D eigenvalue weighted by Crippen LogP contribution is 2.33. The molecule has 0 aliphatic carbocycles. The second kappa shape index (κ2) is 8.59. The summed E-state index contributed by atoms with van der Waals surface area (Å²) >= 11 is 1.35. The van der Waals surface area contributed by atoms with Crippen molar-refractivity contribution in [3.05, 3.63) is 48.0 Å². The summed E-state index contributed by atoms with van der Waals surface area (Å²) in [6.45, 7) is 0.159. The average Bonchev–Trinajstić information content (AvgIpc) is 3.12. The standard InChI is InChI=1S/C19H17NO6S/c21-15(12-4-5-16-17(8-12)26-11-25-16)10-27-14-3-1-2-13(9-14)20-18(22)6-7-19(23)24/h1-5,8-9H,6-7,10-11H2,(H,20,22)(H,23,24). The SMILES string of the molecule is O=C(O)CCC(=O)Nc1cccc(SCC(=O)c2ccc3c(c2)OCO3)c1. The summed E-state index contributed by atoms with van der Waals surface area (Å²) in [5, 5.41) is 11.3. The number of amides is 1. The van der Waals surface area contributed by atoms with Gasteiger partial charge in [-0.05, 0) is 36.4 Å². The van der Waals surface area contributed by atoms with Gasteiger partial charge in [0.1, 0.15) is 0 Å². The lowest BCUT2D eigenvalue weighted by Gasteiger charge is -2.07. The largest absolute Gasteiger partial charge is 0.481 e. The van der Waals surface area contributed by atoms with E-state index in [1.807, 2.05) is 6.07 Å². The fraction of sp³-hybridized carbons (Fsp3) is 0.211. The molecule has 2 N–H and O–H groups in total. The highest BCUT2D eigenvalue weighted by Gasteiger charge is 2.16. The first-order chi connectivity index (χ1) is 13.0. The van der Waals surface area contributed by atoms with Crippen LogP contribution in [0.15, 0.2) is 47.4 Å². The molecule has 0 radical (unpaired) electrons. The van der Waals surface area contributed by atoms with Crippen LogP contribution in [0.1, 0.15) is 23.2 Å². The van der Waals surface area contributed by atoms with Crippen LogP contribution in [0.4, 0.5) is 5.69 Å². The first-order valence-electron chi connectivity index (χ1n) is 8.18. The topological polar surface area (TPSA) is 102 Å². The van der Waals surface area contributed by atoms with Crippen molar-refractivity contribution >= 4 is 35.1 Å². The zero-order valence-electron chi connectivity index (χ0n) is 14.3. The number of ether oxygens (including phenoxy) is 2. The number of ketones is 1. The molecule has 27 heavy (non-hydrogen) atoms. The molecule has 1 aliphatic heterocycles. The van der Waals surface area contributed by atoms with Crippen molar-refractivity contribution in [2.75, 3.05) is 17.9 Å². The molecular weight excluding hydrogens is 370 g/mol. The number of nitrogens with one attached hydrogen (secondary N) is 1. The zero-order chi connectivity index (χ0) is 19.2. The number of carbonyl (C=O) groups is 3. The predicted molar refractivity (Wildman–Crippen MR) is 99.6 cm³/mol. The third kappa shape index (κ3) is 5.24. The van der Waals surface area contributed by atoms with E-state index in [2.05, 4.69) is 5.32 Å². The van der Waals surface area contributed by atoms with Gasteiger partial charge < -0.3 is 19.9 Å². The normalized spacial score (nSPS) is 11.9. The van der Waals surface area contributed by atoms with E-state index < -0.39 is 5.97 Å². The van der Waals surface area contributed by atoms with Gasteiger partial charge in [0.2, 0.25) is 12.7 Å². The summed E-state index contributed by atoms with van der Waals surface area (Å²) < 4.78 is 10.5. The molecule has 0 spiro atoms. The highest BCUT2D eigenvalue weighted by atomic mass is 32.2. The summed E-state index contributed by atoms with van der Waals surface area (Å²) in [6, 6.07) is 12.1. The minimum Gasteiger partial charge on any atom is -0.481 e. The lowest BCUT2D eigenvalue weighted by Crippen LogP contribution is -2.13. The first-order valence-corrected chi connectivity index (χ1v) is 9.17. The van der Waals surface area contributed by atoms with Crippen LogP contribution in [-0.4, -0.2) is 35.3 Å². The van der Waals surface area contributed by atoms with E-state index in [-0.39, 0.29) is 37.1 Å². The molecule has 1 heterocycles. The van der Waals surface area contributed by atoms with Crippen LogP contribution >= 0.6 is 11.8 Å². The Bertz CT molecular complexity index is 882. The zero-order valence-corrected chi connectivity index (χ0v) is 15.1. The summed E-state index contributed by atoms with van der Waals surface area (Å²) in [4.78, 5) is 35.4. The molecule has 0 saturated carbocycles. The van der Waals surface area contributed by atoms with E-state index in [1.54, 1.807) is 36.4 Å². The van der Waals surface area contributed by atoms with Crippen LogP contribution in [0.25, 0.3) is 0 Å². The minimum absolute atomic E-state index is 0.0470. The number of Topliss-reactive ketones (excluding diaryl/α,β-unsaturated/α-hetero) is 1. The molecule has 0 saturated heterocycles. The Morgan fingerprint density at radius 2 is 1.85 bits per heavy atom. The van der Waals surface area contributed by atoms with E-state index in [0.29, 0.717) is 22.7 Å². The van der Waals surface area contributed by atoms with Crippen molar-refractivity contribution < 1.29 is 29.0 Å². The Morgan fingerprint density at radius 3 is 2.67 bits per heavy atom. The lowest BCUT2D eigenvalue weighted by atomic mass is 10.1. The molecule has 0 unspecified atom stereocenters. The molecule has 0 atom stereocenters. The number of rotatable bonds is 8. The second-order valence-corrected chi connectivity index (χ2v) is 6.80. The Balaban J connectivity index is 1.55. The predicted octanol–water partition coefficient (Wildman–Crippen LogP) is 3.19. The van der Waals surface area contributed by atoms with E-state index in [9.17, 15) is 14.4 Å². The molecular formula is C19H17NO6S. The van der Waals surface area contributed by atoms with Gasteiger partial charge in [-0.15, -0.1) is 11.8 Å². The smallest absolute Gasteiger partial charge is 0.303 e. The van der Waals surface area contributed by atoms with Crippen molar-refractivity contribution in [2.45, 2.75) is 17.7 Å². The molecule has 1 amide bonds. The Morgan fingerprint density at radius 1 is 1.04 bits per heavy atom. The average molecular weight is 387 g/mol. The molecule has 2 aromatic carbocycles. The van der Waals surface area contributed by atoms with Gasteiger partial charge in [-0.2, -0.15) is 0 Å². The van der Waals surface area contributed by atoms with Crippen molar-refractivity contribution in [3.63, 3.8) is 0 Å². The number of aliphatic carboxylic acids is 1. The summed E-state index contributed by atoms with van der Waals surface area (Å²) in [5.41, 5.74) is 1.11. The number of hydrogen-bond acceptors (Lipinski definition) is 6. The monoisotopic (exact) mass is 387 g/mol. The van der Waals surface area contributed by atoms with Crippen LogP contribution in [0.2, 0.25) is 0 Å². The fourth-order valence-electron chi connectivity index (χ4n) is 2.41. The third-order valence-corrected chi connectivity index (χ3v) is 4.74. The molecule has 7 nitrogen and oxygen atoms in total. The number of hydrogen-bond donors (Lipinski definition) is 2. The van der Waals surface area contributed by atoms with Gasteiger partial charge in [-0.3, -0.25) is 14.4 Å². The second-order valence-electron chi connectivity index (χ2n) is 5.75. The number of thioether (sulfide) groups is 1. The van der Waals surface area contributed by atoms with Gasteiger partial charge in [0, 0.05) is 22.6 Å². The Kier molecular flexibility index (Phi) is 5.97. The summed E-state index contributed by atoms with van der Waals surface area (Å²) in [7, 11) is 0. The molecule has 1 aliphatic rings. The number of carbonyl (C=O) groups excluding carboxylic acids is 2. The number of fused-ring (bicyclic) bond motifs is 1. The van der Waals surface area contributed by atoms with Crippen LogP contribution in [0, 0.1) is 0 Å². The van der Waals surface area contributed by atoms with Crippen LogP contribution in [0.5, 0.6) is 11.5 Å². The van der Waals surface area contributed by atoms with E-state index in [4.69, 9.17) is 14.6 Å². The number of anilines is 1. The first kappa shape index (κ1) is 18.8. The van der Waals surface area contributed by atoms with Crippen LogP contribution < -0.4 is 14.8 Å². The van der Waals surface area contributed by atoms with Gasteiger partial charge in [-0.1, -0.05) is 6.07 Å². The molecule has 0 fully saturated rings. The van der Waals surface area contributed by atoms with Gasteiger partial charge in [0.25, 0.3) is 0 Å². The van der Waals surface area contributed by atoms with Gasteiger partial charge in [0.15, 0.2) is 17.3 Å². The van der Waals surface area contributed by atoms with Crippen molar-refractivity contribution in [2.24, 2.45) is 0 Å². The van der Waals surface area contributed by atoms with E-state index >= 15 is 0 Å². The summed E-state index contributed by atoms with van der Waals surface area (Å²) in [6.07, 6.45) is -0.306. The third-order valence-electron chi connectivity index (χ3n) is 3.75. The molecule has 0 aromatic heterocycles. The van der Waals surface area contributed by atoms with E-state index in [1.165, 1.54) is 11.8 Å². The van der Waals surface area contributed by atoms with Crippen molar-refractivity contribution in [3.8, 4) is 11.5 Å². The molecule has 140 valence electrons. The van der Waals surface area contributed by atoms with Crippen LogP contribution in [-0.2, 0) is 9.59 Å². The van der Waals surface area contributed by atoms with Gasteiger partial charge >= 0.3 is 5.97 Å². The minimum atomic E-state index is -1.02. The van der Waals surface area contributed by atoms with Crippen LogP contribution in [0.3, 0.4) is 0 Å². The molecule has 8 heteroatoms. The lowest BCUT2D eigenvalue weighted by molar-refractivity contribution is -0.138. The Hall–Kier alpha value is -3.00. The highest BCUT2D eigenvalue weighted by molar-refractivity contribution is 8.00. The summed E-state index contributed by atoms with van der Waals surface area (Å²) in [5.74, 6) is -0.0000835. The van der Waals surface area contributed by atoms with Crippen molar-refractivity contribution in [1.82, 2.24) is 0 Å². The maximum Gasteiger partial charge on any atom is 0.303 e. The molecule has 2 aromatic rings. The maximum absolute atomic E-state index is 12.4. The number of carboxylic acids is 1. The maximum atomic E-state index is 12.4. The Labute approximate surface area is 159 Å². The van der Waals surface area contributed by atoms with E-state index in [0.717, 1.165) is 4.90 Å². The van der Waals surface area contributed by atoms with Gasteiger partial charge in [-0.25, -0.2) is 0 Å². The number of carboxylic acid groups (broad SMARTS) is 1. The fourth-order valence-corrected chi connectivity index (χ4v) is 3.26. The van der Waals surface area contributed by atoms with Crippen molar-refractivity contribution in [1.29, 1.82) is 0 Å².